The summed E-state index contributed by atoms with van der Waals surface area (Å²) in [7, 11) is 2.89. The predicted molar refractivity (Wildman–Crippen MR) is 99.2 cm³/mol. The number of ether oxygens (including phenoxy) is 2. The van der Waals surface area contributed by atoms with E-state index >= 15 is 0 Å². The zero-order valence-electron chi connectivity index (χ0n) is 15.0. The SMILES string of the molecule is COC(=O)NC(Cc1ccccc1)C(=O)NCCc1ccccc1OC. The molecule has 26 heavy (non-hydrogen) atoms. The number of benzene rings is 2. The molecular weight excluding hydrogens is 332 g/mol. The highest BCUT2D eigenvalue weighted by Gasteiger charge is 2.21. The molecule has 0 spiro atoms. The molecule has 0 heterocycles. The number of carbonyl (C=O) groups is 2. The van der Waals surface area contributed by atoms with E-state index in [1.54, 1.807) is 7.11 Å². The molecule has 2 aromatic carbocycles. The molecule has 0 aliphatic carbocycles. The van der Waals surface area contributed by atoms with Crippen LogP contribution in [0.3, 0.4) is 0 Å². The third-order valence-corrected chi connectivity index (χ3v) is 3.96. The van der Waals surface area contributed by atoms with E-state index in [1.807, 2.05) is 54.6 Å². The van der Waals surface area contributed by atoms with Crippen molar-refractivity contribution in [3.8, 4) is 5.75 Å². The molecule has 0 bridgehead atoms. The maximum Gasteiger partial charge on any atom is 0.407 e. The fraction of sp³-hybridized carbons (Fsp3) is 0.300. The Kier molecular flexibility index (Phi) is 7.49. The van der Waals surface area contributed by atoms with Gasteiger partial charge < -0.3 is 20.1 Å². The van der Waals surface area contributed by atoms with Crippen molar-refractivity contribution in [2.45, 2.75) is 18.9 Å². The maximum atomic E-state index is 12.5. The number of hydrogen-bond donors (Lipinski definition) is 2. The average Bonchev–Trinajstić information content (AvgIpc) is 2.68. The molecule has 138 valence electrons. The number of methoxy groups -OCH3 is 2. The van der Waals surface area contributed by atoms with Crippen molar-refractivity contribution in [1.29, 1.82) is 0 Å². The fourth-order valence-electron chi connectivity index (χ4n) is 2.61. The summed E-state index contributed by atoms with van der Waals surface area (Å²) in [5, 5.41) is 5.46. The quantitative estimate of drug-likeness (QED) is 0.761. The summed E-state index contributed by atoms with van der Waals surface area (Å²) in [6.07, 6.45) is 0.383. The first-order valence-corrected chi connectivity index (χ1v) is 8.42. The van der Waals surface area contributed by atoms with Crippen LogP contribution in [-0.4, -0.2) is 38.8 Å². The monoisotopic (exact) mass is 356 g/mol. The molecule has 0 fully saturated rings. The normalized spacial score (nSPS) is 11.3. The van der Waals surface area contributed by atoms with Gasteiger partial charge in [0.25, 0.3) is 0 Å². The number of hydrogen-bond acceptors (Lipinski definition) is 4. The van der Waals surface area contributed by atoms with E-state index in [9.17, 15) is 9.59 Å². The summed E-state index contributed by atoms with van der Waals surface area (Å²) in [6.45, 7) is 0.438. The summed E-state index contributed by atoms with van der Waals surface area (Å²) < 4.78 is 9.94. The van der Waals surface area contributed by atoms with Crippen molar-refractivity contribution in [1.82, 2.24) is 10.6 Å². The number of rotatable bonds is 8. The second-order valence-corrected chi connectivity index (χ2v) is 5.73. The minimum Gasteiger partial charge on any atom is -0.496 e. The number of nitrogens with one attached hydrogen (secondary N) is 2. The second kappa shape index (κ2) is 10.1. The van der Waals surface area contributed by atoms with Crippen LogP contribution in [0, 0.1) is 0 Å². The molecule has 0 saturated carbocycles. The van der Waals surface area contributed by atoms with E-state index in [-0.39, 0.29) is 5.91 Å². The molecular formula is C20H24N2O4. The van der Waals surface area contributed by atoms with Gasteiger partial charge in [-0.15, -0.1) is 0 Å². The standard InChI is InChI=1S/C20H24N2O4/c1-25-18-11-7-6-10-16(18)12-13-21-19(23)17(22-20(24)26-2)14-15-8-4-3-5-9-15/h3-11,17H,12-14H2,1-2H3,(H,21,23)(H,22,24). The number of alkyl carbamates (subject to hydrolysis) is 1. The van der Waals surface area contributed by atoms with Gasteiger partial charge in [0.05, 0.1) is 14.2 Å². The lowest BCUT2D eigenvalue weighted by Gasteiger charge is -2.18. The van der Waals surface area contributed by atoms with Crippen LogP contribution in [0.2, 0.25) is 0 Å². The first kappa shape index (κ1) is 19.3. The highest BCUT2D eigenvalue weighted by Crippen LogP contribution is 2.17. The largest absolute Gasteiger partial charge is 0.496 e. The van der Waals surface area contributed by atoms with Crippen molar-refractivity contribution in [3.05, 3.63) is 65.7 Å². The van der Waals surface area contributed by atoms with Gasteiger partial charge in [-0.3, -0.25) is 4.79 Å². The smallest absolute Gasteiger partial charge is 0.407 e. The number of carbonyl (C=O) groups excluding carboxylic acids is 2. The molecule has 6 nitrogen and oxygen atoms in total. The summed E-state index contributed by atoms with van der Waals surface area (Å²) in [4.78, 5) is 24.1. The second-order valence-electron chi connectivity index (χ2n) is 5.73. The van der Waals surface area contributed by atoms with Crippen LogP contribution in [0.5, 0.6) is 5.75 Å². The Bertz CT molecular complexity index is 719. The molecule has 0 saturated heterocycles. The van der Waals surface area contributed by atoms with Gasteiger partial charge in [-0.2, -0.15) is 0 Å². The Morgan fingerprint density at radius 1 is 1.00 bits per heavy atom. The van der Waals surface area contributed by atoms with E-state index in [0.717, 1.165) is 16.9 Å². The first-order chi connectivity index (χ1) is 12.6. The van der Waals surface area contributed by atoms with Gasteiger partial charge in [0.15, 0.2) is 0 Å². The third-order valence-electron chi connectivity index (χ3n) is 3.96. The zero-order valence-corrected chi connectivity index (χ0v) is 15.0. The molecule has 2 N–H and O–H groups in total. The molecule has 2 rings (SSSR count). The Labute approximate surface area is 153 Å². The minimum atomic E-state index is -0.706. The van der Waals surface area contributed by atoms with Gasteiger partial charge in [-0.25, -0.2) is 4.79 Å². The summed E-state index contributed by atoms with van der Waals surface area (Å²) in [5.74, 6) is 0.532. The molecule has 0 aliphatic rings. The van der Waals surface area contributed by atoms with Crippen molar-refractivity contribution in [3.63, 3.8) is 0 Å². The Balaban J connectivity index is 1.95. The lowest BCUT2D eigenvalue weighted by molar-refractivity contribution is -0.123. The molecule has 1 unspecified atom stereocenters. The summed E-state index contributed by atoms with van der Waals surface area (Å²) in [6, 6.07) is 16.5. The Hall–Kier alpha value is -3.02. The van der Waals surface area contributed by atoms with Crippen molar-refractivity contribution >= 4 is 12.0 Å². The van der Waals surface area contributed by atoms with Gasteiger partial charge in [0, 0.05) is 13.0 Å². The van der Waals surface area contributed by atoms with E-state index < -0.39 is 12.1 Å². The highest BCUT2D eigenvalue weighted by molar-refractivity contribution is 5.85. The molecule has 2 aromatic rings. The average molecular weight is 356 g/mol. The van der Waals surface area contributed by atoms with E-state index in [0.29, 0.717) is 19.4 Å². The summed E-state index contributed by atoms with van der Waals surface area (Å²) in [5.41, 5.74) is 1.96. The predicted octanol–water partition coefficient (Wildman–Crippen LogP) is 2.32. The van der Waals surface area contributed by atoms with Crippen LogP contribution in [0.1, 0.15) is 11.1 Å². The highest BCUT2D eigenvalue weighted by atomic mass is 16.5. The van der Waals surface area contributed by atoms with Gasteiger partial charge in [-0.1, -0.05) is 48.5 Å². The van der Waals surface area contributed by atoms with Crippen LogP contribution >= 0.6 is 0 Å². The molecule has 1 atom stereocenters. The molecule has 6 heteroatoms. The van der Waals surface area contributed by atoms with Gasteiger partial charge in [0.1, 0.15) is 11.8 Å². The number of para-hydroxylation sites is 1. The molecule has 0 aromatic heterocycles. The molecule has 0 aliphatic heterocycles. The van der Waals surface area contributed by atoms with E-state index in [2.05, 4.69) is 15.4 Å². The lowest BCUT2D eigenvalue weighted by atomic mass is 10.1. The van der Waals surface area contributed by atoms with E-state index in [1.165, 1.54) is 7.11 Å². The van der Waals surface area contributed by atoms with Crippen LogP contribution < -0.4 is 15.4 Å². The van der Waals surface area contributed by atoms with E-state index in [4.69, 9.17) is 4.74 Å². The van der Waals surface area contributed by atoms with Crippen LogP contribution in [0.4, 0.5) is 4.79 Å². The van der Waals surface area contributed by atoms with Gasteiger partial charge >= 0.3 is 6.09 Å². The number of amides is 2. The maximum absolute atomic E-state index is 12.5. The Morgan fingerprint density at radius 2 is 1.69 bits per heavy atom. The first-order valence-electron chi connectivity index (χ1n) is 8.42. The van der Waals surface area contributed by atoms with Gasteiger partial charge in [-0.05, 0) is 23.6 Å². The van der Waals surface area contributed by atoms with Crippen molar-refractivity contribution in [2.75, 3.05) is 20.8 Å². The lowest BCUT2D eigenvalue weighted by Crippen LogP contribution is -2.48. The third kappa shape index (κ3) is 5.81. The molecule has 2 amide bonds. The van der Waals surface area contributed by atoms with Crippen molar-refractivity contribution < 1.29 is 19.1 Å². The van der Waals surface area contributed by atoms with Crippen LogP contribution in [0.25, 0.3) is 0 Å². The minimum absolute atomic E-state index is 0.255. The van der Waals surface area contributed by atoms with Crippen LogP contribution in [0.15, 0.2) is 54.6 Å². The topological polar surface area (TPSA) is 76.7 Å². The zero-order chi connectivity index (χ0) is 18.8. The van der Waals surface area contributed by atoms with Crippen molar-refractivity contribution in [2.24, 2.45) is 0 Å². The van der Waals surface area contributed by atoms with Gasteiger partial charge in [0.2, 0.25) is 5.91 Å². The van der Waals surface area contributed by atoms with Crippen LogP contribution in [-0.2, 0) is 22.4 Å². The molecule has 0 radical (unpaired) electrons. The Morgan fingerprint density at radius 3 is 2.38 bits per heavy atom. The summed E-state index contributed by atoms with van der Waals surface area (Å²) >= 11 is 0. The fourth-order valence-corrected chi connectivity index (χ4v) is 2.61.